The molecule has 0 fully saturated rings. The van der Waals surface area contributed by atoms with Gasteiger partial charge in [0.05, 0.1) is 5.56 Å². The van der Waals surface area contributed by atoms with Gasteiger partial charge in [-0.1, -0.05) is 17.7 Å². The first-order valence-corrected chi connectivity index (χ1v) is 5.77. The summed E-state index contributed by atoms with van der Waals surface area (Å²) < 4.78 is 13.7. The molecule has 5 heteroatoms. The van der Waals surface area contributed by atoms with Gasteiger partial charge in [-0.2, -0.15) is 0 Å². The predicted octanol–water partition coefficient (Wildman–Crippen LogP) is 2.67. The Labute approximate surface area is 110 Å². The van der Waals surface area contributed by atoms with Crippen LogP contribution >= 0.6 is 0 Å². The molecule has 98 valence electrons. The largest absolute Gasteiger partial charge is 0.381 e. The molecule has 0 atom stereocenters. The molecule has 0 radical (unpaired) electrons. The summed E-state index contributed by atoms with van der Waals surface area (Å²) in [4.78, 5) is 15.6. The van der Waals surface area contributed by atoms with Crippen LogP contribution in [0.3, 0.4) is 0 Å². The second kappa shape index (κ2) is 5.06. The highest BCUT2D eigenvalue weighted by molar-refractivity contribution is 6.05. The third-order valence-electron chi connectivity index (χ3n) is 2.79. The molecule has 2 aromatic rings. The smallest absolute Gasteiger partial charge is 0.258 e. The molecule has 0 bridgehead atoms. The summed E-state index contributed by atoms with van der Waals surface area (Å²) in [6.45, 7) is 3.84. The molecule has 0 aliphatic carbocycles. The van der Waals surface area contributed by atoms with Crippen LogP contribution in [0.5, 0.6) is 0 Å². The van der Waals surface area contributed by atoms with Crippen LogP contribution in [0.4, 0.5) is 15.9 Å². The number of nitrogen functional groups attached to an aromatic ring is 1. The number of amides is 1. The maximum absolute atomic E-state index is 13.7. The Morgan fingerprint density at radius 1 is 1.32 bits per heavy atom. The van der Waals surface area contributed by atoms with Gasteiger partial charge in [0.1, 0.15) is 0 Å². The number of pyridine rings is 1. The van der Waals surface area contributed by atoms with E-state index >= 15 is 0 Å². The SMILES string of the molecule is Cc1ccc(NC(=O)c2ccnc(N)c2F)c(C)c1. The summed E-state index contributed by atoms with van der Waals surface area (Å²) in [5.41, 5.74) is 7.87. The molecule has 0 spiro atoms. The van der Waals surface area contributed by atoms with Crippen molar-refractivity contribution in [2.24, 2.45) is 0 Å². The van der Waals surface area contributed by atoms with Gasteiger partial charge in [-0.25, -0.2) is 9.37 Å². The summed E-state index contributed by atoms with van der Waals surface area (Å²) in [7, 11) is 0. The molecular formula is C14H14FN3O. The van der Waals surface area contributed by atoms with E-state index in [1.807, 2.05) is 26.0 Å². The fraction of sp³-hybridized carbons (Fsp3) is 0.143. The lowest BCUT2D eigenvalue weighted by Crippen LogP contribution is -2.15. The predicted molar refractivity (Wildman–Crippen MR) is 72.5 cm³/mol. The molecule has 1 heterocycles. The van der Waals surface area contributed by atoms with Crippen LogP contribution in [0, 0.1) is 19.7 Å². The number of carbonyl (C=O) groups is 1. The molecule has 0 aliphatic heterocycles. The average Bonchev–Trinajstić information content (AvgIpc) is 2.36. The van der Waals surface area contributed by atoms with E-state index in [1.54, 1.807) is 6.07 Å². The number of hydrogen-bond acceptors (Lipinski definition) is 3. The van der Waals surface area contributed by atoms with Gasteiger partial charge in [0, 0.05) is 11.9 Å². The van der Waals surface area contributed by atoms with Crippen LogP contribution in [-0.4, -0.2) is 10.9 Å². The number of aromatic nitrogens is 1. The van der Waals surface area contributed by atoms with Gasteiger partial charge in [0.15, 0.2) is 11.6 Å². The number of nitrogens with one attached hydrogen (secondary N) is 1. The monoisotopic (exact) mass is 259 g/mol. The molecule has 19 heavy (non-hydrogen) atoms. The summed E-state index contributed by atoms with van der Waals surface area (Å²) in [6.07, 6.45) is 1.30. The van der Waals surface area contributed by atoms with Crippen LogP contribution in [0.1, 0.15) is 21.5 Å². The van der Waals surface area contributed by atoms with E-state index in [4.69, 9.17) is 5.73 Å². The number of carbonyl (C=O) groups excluding carboxylic acids is 1. The number of hydrogen-bond donors (Lipinski definition) is 2. The van der Waals surface area contributed by atoms with Gasteiger partial charge in [-0.05, 0) is 31.5 Å². The zero-order valence-corrected chi connectivity index (χ0v) is 10.7. The topological polar surface area (TPSA) is 68.0 Å². The number of aryl methyl sites for hydroxylation is 2. The molecule has 2 rings (SSSR count). The molecule has 1 amide bonds. The highest BCUT2D eigenvalue weighted by Gasteiger charge is 2.15. The summed E-state index contributed by atoms with van der Waals surface area (Å²) in [5, 5.41) is 2.66. The van der Waals surface area contributed by atoms with Crippen molar-refractivity contribution in [3.8, 4) is 0 Å². The van der Waals surface area contributed by atoms with E-state index in [0.717, 1.165) is 11.1 Å². The van der Waals surface area contributed by atoms with Crippen LogP contribution in [-0.2, 0) is 0 Å². The molecule has 0 aliphatic rings. The quantitative estimate of drug-likeness (QED) is 0.871. The van der Waals surface area contributed by atoms with Crippen molar-refractivity contribution in [3.05, 3.63) is 53.0 Å². The van der Waals surface area contributed by atoms with Crippen LogP contribution < -0.4 is 11.1 Å². The van der Waals surface area contributed by atoms with E-state index < -0.39 is 11.7 Å². The number of halogens is 1. The van der Waals surface area contributed by atoms with Gasteiger partial charge in [0.2, 0.25) is 0 Å². The van der Waals surface area contributed by atoms with E-state index in [0.29, 0.717) is 5.69 Å². The Morgan fingerprint density at radius 3 is 2.74 bits per heavy atom. The number of anilines is 2. The van der Waals surface area contributed by atoms with Crippen molar-refractivity contribution < 1.29 is 9.18 Å². The molecule has 3 N–H and O–H groups in total. The summed E-state index contributed by atoms with van der Waals surface area (Å²) in [6, 6.07) is 6.89. The minimum absolute atomic E-state index is 0.118. The van der Waals surface area contributed by atoms with Crippen LogP contribution in [0.2, 0.25) is 0 Å². The third-order valence-corrected chi connectivity index (χ3v) is 2.79. The van der Waals surface area contributed by atoms with Gasteiger partial charge < -0.3 is 11.1 Å². The Hall–Kier alpha value is -2.43. The van der Waals surface area contributed by atoms with Gasteiger partial charge in [-0.3, -0.25) is 4.79 Å². The number of nitrogens with two attached hydrogens (primary N) is 1. The first kappa shape index (κ1) is 13.0. The maximum Gasteiger partial charge on any atom is 0.258 e. The fourth-order valence-corrected chi connectivity index (χ4v) is 1.78. The van der Waals surface area contributed by atoms with E-state index in [9.17, 15) is 9.18 Å². The number of nitrogens with zero attached hydrogens (tertiary/aromatic N) is 1. The Kier molecular flexibility index (Phi) is 3.46. The van der Waals surface area contributed by atoms with Gasteiger partial charge in [-0.15, -0.1) is 0 Å². The second-order valence-corrected chi connectivity index (χ2v) is 4.33. The van der Waals surface area contributed by atoms with Crippen LogP contribution in [0.25, 0.3) is 0 Å². The summed E-state index contributed by atoms with van der Waals surface area (Å²) >= 11 is 0. The van der Waals surface area contributed by atoms with E-state index in [-0.39, 0.29) is 11.4 Å². The van der Waals surface area contributed by atoms with Crippen molar-refractivity contribution >= 4 is 17.4 Å². The van der Waals surface area contributed by atoms with Gasteiger partial charge >= 0.3 is 0 Å². The molecule has 0 saturated heterocycles. The van der Waals surface area contributed by atoms with Crippen LogP contribution in [0.15, 0.2) is 30.5 Å². The lowest BCUT2D eigenvalue weighted by molar-refractivity contribution is 0.102. The highest BCUT2D eigenvalue weighted by atomic mass is 19.1. The zero-order valence-electron chi connectivity index (χ0n) is 10.7. The minimum atomic E-state index is -0.801. The van der Waals surface area contributed by atoms with E-state index in [2.05, 4.69) is 10.3 Å². The Morgan fingerprint density at radius 2 is 2.05 bits per heavy atom. The molecular weight excluding hydrogens is 245 g/mol. The molecule has 0 saturated carbocycles. The van der Waals surface area contributed by atoms with Crippen molar-refractivity contribution in [3.63, 3.8) is 0 Å². The lowest BCUT2D eigenvalue weighted by Gasteiger charge is -2.10. The van der Waals surface area contributed by atoms with Crippen molar-refractivity contribution in [2.75, 3.05) is 11.1 Å². The number of rotatable bonds is 2. The third kappa shape index (κ3) is 2.70. The first-order valence-electron chi connectivity index (χ1n) is 5.77. The minimum Gasteiger partial charge on any atom is -0.381 e. The fourth-order valence-electron chi connectivity index (χ4n) is 1.78. The second-order valence-electron chi connectivity index (χ2n) is 4.33. The summed E-state index contributed by atoms with van der Waals surface area (Å²) in [5.74, 6) is -1.63. The molecule has 4 nitrogen and oxygen atoms in total. The van der Waals surface area contributed by atoms with Crippen molar-refractivity contribution in [1.82, 2.24) is 4.98 Å². The van der Waals surface area contributed by atoms with Crippen molar-refractivity contribution in [2.45, 2.75) is 13.8 Å². The molecule has 1 aromatic carbocycles. The molecule has 1 aromatic heterocycles. The first-order chi connectivity index (χ1) is 8.99. The number of benzene rings is 1. The molecule has 0 unspecified atom stereocenters. The average molecular weight is 259 g/mol. The zero-order chi connectivity index (χ0) is 14.0. The normalized spacial score (nSPS) is 10.3. The van der Waals surface area contributed by atoms with Gasteiger partial charge in [0.25, 0.3) is 5.91 Å². The Bertz CT molecular complexity index is 641. The maximum atomic E-state index is 13.7. The standard InChI is InChI=1S/C14H14FN3O/c1-8-3-4-11(9(2)7-8)18-14(19)10-5-6-17-13(16)12(10)15/h3-7H,1-2H3,(H2,16,17)(H,18,19). The lowest BCUT2D eigenvalue weighted by atomic mass is 10.1. The van der Waals surface area contributed by atoms with Crippen molar-refractivity contribution in [1.29, 1.82) is 0 Å². The highest BCUT2D eigenvalue weighted by Crippen LogP contribution is 2.18. The Balaban J connectivity index is 2.28. The van der Waals surface area contributed by atoms with E-state index in [1.165, 1.54) is 12.3 Å².